The van der Waals surface area contributed by atoms with Crippen LogP contribution in [0.15, 0.2) is 0 Å². The smallest absolute Gasteiger partial charge is 0.302 e. The third kappa shape index (κ3) is 21.5. The van der Waals surface area contributed by atoms with Gasteiger partial charge in [-0.15, -0.1) is 0 Å². The van der Waals surface area contributed by atoms with Gasteiger partial charge in [0, 0.05) is 6.92 Å². The zero-order valence-electron chi connectivity index (χ0n) is 17.6. The van der Waals surface area contributed by atoms with E-state index < -0.39 is 27.9 Å². The van der Waals surface area contributed by atoms with Gasteiger partial charge in [0.15, 0.2) is 0 Å². The molecular weight excluding hydrogens is 364 g/mol. The maximum Gasteiger partial charge on any atom is 0.302 e. The van der Waals surface area contributed by atoms with Gasteiger partial charge in [-0.25, -0.2) is 0 Å². The molecule has 0 aromatic heterocycles. The number of hydrogen-bond donors (Lipinski definition) is 1. The van der Waals surface area contributed by atoms with Gasteiger partial charge in [0.05, 0.1) is 0 Å². The number of carbonyl (C=O) groups excluding carboxylic acids is 1. The van der Waals surface area contributed by atoms with Crippen LogP contribution in [0.1, 0.15) is 117 Å². The summed E-state index contributed by atoms with van der Waals surface area (Å²) in [5, 5.41) is 0. The van der Waals surface area contributed by atoms with Crippen molar-refractivity contribution in [2.24, 2.45) is 0 Å². The molecule has 0 amide bonds. The van der Waals surface area contributed by atoms with Gasteiger partial charge in [-0.2, -0.15) is 8.42 Å². The number of carbonyl (C=O) groups is 1. The highest BCUT2D eigenvalue weighted by molar-refractivity contribution is 7.85. The van der Waals surface area contributed by atoms with Gasteiger partial charge >= 0.3 is 5.97 Å². The third-order valence-corrected chi connectivity index (χ3v) is 5.65. The van der Waals surface area contributed by atoms with Gasteiger partial charge in [-0.3, -0.25) is 9.35 Å². The normalized spacial score (nSPS) is 12.9. The first-order valence-corrected chi connectivity index (χ1v) is 12.6. The van der Waals surface area contributed by atoms with Gasteiger partial charge in [0.2, 0.25) is 0 Å². The van der Waals surface area contributed by atoms with Gasteiger partial charge in [0.25, 0.3) is 10.1 Å². The summed E-state index contributed by atoms with van der Waals surface area (Å²) in [5.41, 5.74) is 0. The van der Waals surface area contributed by atoms with E-state index in [1.807, 2.05) is 0 Å². The second-order valence-corrected chi connectivity index (χ2v) is 9.22. The Morgan fingerprint density at radius 2 is 1.15 bits per heavy atom. The average molecular weight is 407 g/mol. The molecule has 0 aromatic rings. The van der Waals surface area contributed by atoms with E-state index in [0.717, 1.165) is 19.3 Å². The minimum Gasteiger partial charge on any atom is -0.461 e. The second-order valence-electron chi connectivity index (χ2n) is 7.72. The van der Waals surface area contributed by atoms with Crippen LogP contribution in [0.5, 0.6) is 0 Å². The maximum absolute atomic E-state index is 11.0. The van der Waals surface area contributed by atoms with E-state index in [4.69, 9.17) is 9.29 Å². The van der Waals surface area contributed by atoms with Crippen molar-refractivity contribution in [2.75, 3.05) is 5.75 Å². The lowest BCUT2D eigenvalue weighted by Crippen LogP contribution is -2.25. The molecule has 0 aliphatic carbocycles. The quantitative estimate of drug-likeness (QED) is 0.160. The molecule has 0 fully saturated rings. The van der Waals surface area contributed by atoms with Crippen LogP contribution in [0.4, 0.5) is 0 Å². The zero-order valence-corrected chi connectivity index (χ0v) is 18.4. The van der Waals surface area contributed by atoms with E-state index in [9.17, 15) is 13.2 Å². The van der Waals surface area contributed by atoms with Gasteiger partial charge < -0.3 is 4.74 Å². The van der Waals surface area contributed by atoms with Gasteiger partial charge in [0.1, 0.15) is 11.9 Å². The molecule has 0 aromatic carbocycles. The predicted octanol–water partition coefficient (Wildman–Crippen LogP) is 6.07. The summed E-state index contributed by atoms with van der Waals surface area (Å²) in [6.07, 6.45) is 18.8. The third-order valence-electron chi connectivity index (χ3n) is 4.86. The largest absolute Gasteiger partial charge is 0.461 e. The monoisotopic (exact) mass is 406 g/mol. The molecule has 0 heterocycles. The molecule has 0 radical (unpaired) electrons. The second kappa shape index (κ2) is 17.5. The first kappa shape index (κ1) is 26.4. The Morgan fingerprint density at radius 3 is 1.48 bits per heavy atom. The van der Waals surface area contributed by atoms with Crippen molar-refractivity contribution >= 4 is 16.1 Å². The molecule has 0 spiro atoms. The van der Waals surface area contributed by atoms with Crippen molar-refractivity contribution in [3.8, 4) is 0 Å². The Balaban J connectivity index is 3.45. The number of ether oxygens (including phenoxy) is 1. The molecule has 0 aliphatic rings. The van der Waals surface area contributed by atoms with E-state index >= 15 is 0 Å². The molecule has 5 nitrogen and oxygen atoms in total. The molecule has 1 N–H and O–H groups in total. The molecule has 27 heavy (non-hydrogen) atoms. The molecule has 1 unspecified atom stereocenters. The number of unbranched alkanes of at least 4 members (excludes halogenated alkanes) is 14. The van der Waals surface area contributed by atoms with Crippen molar-refractivity contribution in [1.82, 2.24) is 0 Å². The summed E-state index contributed by atoms with van der Waals surface area (Å²) in [6, 6.07) is 0. The van der Waals surface area contributed by atoms with Crippen LogP contribution in [0.25, 0.3) is 0 Å². The average Bonchev–Trinajstić information content (AvgIpc) is 2.56. The van der Waals surface area contributed by atoms with Crippen LogP contribution in [0, 0.1) is 0 Å². The van der Waals surface area contributed by atoms with Crippen molar-refractivity contribution in [3.63, 3.8) is 0 Å². The molecular formula is C21H42O5S. The number of esters is 1. The molecule has 0 bridgehead atoms. The standard InChI is InChI=1S/C21H42O5S/c1-3-4-5-6-7-8-9-10-11-12-13-14-15-16-17-18-21(26-20(2)22)19-27(23,24)25/h21H,3-19H2,1-2H3,(H,23,24,25). The van der Waals surface area contributed by atoms with E-state index in [2.05, 4.69) is 6.92 Å². The summed E-state index contributed by atoms with van der Waals surface area (Å²) >= 11 is 0. The Bertz CT molecular complexity index is 447. The van der Waals surface area contributed by atoms with Crippen LogP contribution in [0.2, 0.25) is 0 Å². The fourth-order valence-corrected chi connectivity index (χ4v) is 4.09. The maximum atomic E-state index is 11.0. The minimum absolute atomic E-state index is 0.484. The first-order chi connectivity index (χ1) is 12.8. The Labute approximate surface area is 167 Å². The Hall–Kier alpha value is -0.620. The lowest BCUT2D eigenvalue weighted by atomic mass is 10.0. The van der Waals surface area contributed by atoms with Crippen molar-refractivity contribution in [1.29, 1.82) is 0 Å². The van der Waals surface area contributed by atoms with Crippen LogP contribution >= 0.6 is 0 Å². The zero-order chi connectivity index (χ0) is 20.4. The molecule has 0 saturated heterocycles. The summed E-state index contributed by atoms with van der Waals surface area (Å²) in [4.78, 5) is 11.0. The Morgan fingerprint density at radius 1 is 0.778 bits per heavy atom. The van der Waals surface area contributed by atoms with E-state index in [1.54, 1.807) is 0 Å². The minimum atomic E-state index is -4.12. The van der Waals surface area contributed by atoms with Crippen molar-refractivity contribution < 1.29 is 22.5 Å². The molecule has 162 valence electrons. The van der Waals surface area contributed by atoms with Crippen LogP contribution in [-0.4, -0.2) is 30.8 Å². The lowest BCUT2D eigenvalue weighted by Gasteiger charge is -2.15. The van der Waals surface area contributed by atoms with E-state index in [0.29, 0.717) is 6.42 Å². The summed E-state index contributed by atoms with van der Waals surface area (Å²) < 4.78 is 35.8. The van der Waals surface area contributed by atoms with Gasteiger partial charge in [-0.05, 0) is 12.8 Å². The molecule has 6 heteroatoms. The Kier molecular flexibility index (Phi) is 17.1. The molecule has 0 rings (SSSR count). The van der Waals surface area contributed by atoms with E-state index in [1.165, 1.54) is 84.0 Å². The summed E-state index contributed by atoms with van der Waals surface area (Å²) in [5.74, 6) is -1.02. The van der Waals surface area contributed by atoms with Gasteiger partial charge in [-0.1, -0.05) is 96.8 Å². The van der Waals surface area contributed by atoms with Crippen molar-refractivity contribution in [2.45, 2.75) is 123 Å². The summed E-state index contributed by atoms with van der Waals surface area (Å²) in [6.45, 7) is 3.51. The van der Waals surface area contributed by atoms with E-state index in [-0.39, 0.29) is 0 Å². The summed E-state index contributed by atoms with van der Waals surface area (Å²) in [7, 11) is -4.12. The molecule has 0 saturated carbocycles. The SMILES string of the molecule is CCCCCCCCCCCCCCCCCC(CS(=O)(=O)O)OC(C)=O. The lowest BCUT2D eigenvalue weighted by molar-refractivity contribution is -0.145. The van der Waals surface area contributed by atoms with Crippen LogP contribution < -0.4 is 0 Å². The highest BCUT2D eigenvalue weighted by Crippen LogP contribution is 2.15. The fraction of sp³-hybridized carbons (Fsp3) is 0.952. The highest BCUT2D eigenvalue weighted by Gasteiger charge is 2.19. The highest BCUT2D eigenvalue weighted by atomic mass is 32.2. The first-order valence-electron chi connectivity index (χ1n) is 11.0. The fourth-order valence-electron chi connectivity index (χ4n) is 3.39. The topological polar surface area (TPSA) is 80.7 Å². The molecule has 1 atom stereocenters. The predicted molar refractivity (Wildman–Crippen MR) is 112 cm³/mol. The number of hydrogen-bond acceptors (Lipinski definition) is 4. The molecule has 0 aliphatic heterocycles. The van der Waals surface area contributed by atoms with Crippen LogP contribution in [-0.2, 0) is 19.6 Å². The number of rotatable bonds is 19. The van der Waals surface area contributed by atoms with Crippen molar-refractivity contribution in [3.05, 3.63) is 0 Å². The van der Waals surface area contributed by atoms with Crippen LogP contribution in [0.3, 0.4) is 0 Å².